The molecule has 0 amide bonds. The zero-order valence-corrected chi connectivity index (χ0v) is 24.2. The number of fused-ring (bicyclic) bond motifs is 2. The van der Waals surface area contributed by atoms with Gasteiger partial charge in [0, 0.05) is 4.57 Å². The predicted molar refractivity (Wildman–Crippen MR) is 143 cm³/mol. The molecule has 6 rings (SSSR count). The second-order valence-electron chi connectivity index (χ2n) is 9.78. The number of nitrogens with zero attached hydrogens (tertiary/aromatic N) is 7. The van der Waals surface area contributed by atoms with Gasteiger partial charge in [0.1, 0.15) is 49.0 Å². The topological polar surface area (TPSA) is 320 Å². The minimum absolute atomic E-state index is 0.0337. The number of nitrogen functional groups attached to an aromatic ring is 2. The van der Waals surface area contributed by atoms with Gasteiger partial charge >= 0.3 is 16.1 Å². The summed E-state index contributed by atoms with van der Waals surface area (Å²) in [5.41, 5.74) is 10.6. The van der Waals surface area contributed by atoms with E-state index in [1.54, 1.807) is 0 Å². The van der Waals surface area contributed by atoms with E-state index in [9.17, 15) is 29.0 Å². The molecule has 0 aliphatic carbocycles. The lowest BCUT2D eigenvalue weighted by molar-refractivity contribution is -0.0592. The van der Waals surface area contributed by atoms with E-state index in [2.05, 4.69) is 34.4 Å². The first-order valence-corrected chi connectivity index (χ1v) is 15.4. The highest BCUT2D eigenvalue weighted by molar-refractivity contribution is 7.47. The molecule has 25 heteroatoms. The summed E-state index contributed by atoms with van der Waals surface area (Å²) in [6.45, 7) is -1.58. The number of phosphoric acid groups is 1. The molecule has 0 spiro atoms. The van der Waals surface area contributed by atoms with Crippen LogP contribution in [-0.2, 0) is 32.2 Å². The van der Waals surface area contributed by atoms with Crippen molar-refractivity contribution in [1.82, 2.24) is 39.0 Å². The van der Waals surface area contributed by atoms with Gasteiger partial charge in [0.2, 0.25) is 5.95 Å². The van der Waals surface area contributed by atoms with Crippen LogP contribution in [0.5, 0.6) is 0 Å². The molecule has 4 aromatic heterocycles. The number of aromatic nitrogens is 8. The molecular weight excluding hydrogens is 653 g/mol. The summed E-state index contributed by atoms with van der Waals surface area (Å²) in [7, 11) is -8.32. The zero-order valence-electron chi connectivity index (χ0n) is 22.4. The number of aliphatic hydroxyl groups is 2. The van der Waals surface area contributed by atoms with Crippen molar-refractivity contribution >= 4 is 50.2 Å². The second-order valence-corrected chi connectivity index (χ2v) is 11.9. The van der Waals surface area contributed by atoms with Crippen LogP contribution in [0.2, 0.25) is 0 Å². The van der Waals surface area contributed by atoms with Gasteiger partial charge in [-0.3, -0.25) is 28.0 Å². The van der Waals surface area contributed by atoms with Crippen LogP contribution in [0, 0.1) is 0 Å². The molecule has 0 radical (unpaired) electrons. The number of H-pyrrole nitrogens is 1. The maximum atomic E-state index is 15.1. The smallest absolute Gasteiger partial charge is 0.387 e. The average molecular weight is 677 g/mol. The minimum Gasteiger partial charge on any atom is -0.387 e. The van der Waals surface area contributed by atoms with Crippen molar-refractivity contribution in [2.75, 3.05) is 24.7 Å². The van der Waals surface area contributed by atoms with Crippen molar-refractivity contribution in [2.24, 2.45) is 0 Å². The van der Waals surface area contributed by atoms with Gasteiger partial charge in [0.15, 0.2) is 41.3 Å². The number of anilines is 2. The third-order valence-corrected chi connectivity index (χ3v) is 8.35. The molecule has 0 bridgehead atoms. The number of hydrogen-bond acceptors (Lipinski definition) is 17. The van der Waals surface area contributed by atoms with E-state index in [0.717, 1.165) is 17.2 Å². The Morgan fingerprint density at radius 2 is 1.71 bits per heavy atom. The number of aromatic amines is 1. The van der Waals surface area contributed by atoms with Crippen LogP contribution in [-0.4, -0.2) is 109 Å². The number of ether oxygens (including phenoxy) is 2. The highest BCUT2D eigenvalue weighted by Gasteiger charge is 2.51. The van der Waals surface area contributed by atoms with Crippen LogP contribution in [0.25, 0.3) is 22.3 Å². The summed E-state index contributed by atoms with van der Waals surface area (Å²) >= 11 is 0. The Morgan fingerprint density at radius 3 is 2.44 bits per heavy atom. The van der Waals surface area contributed by atoms with Gasteiger partial charge in [-0.2, -0.15) is 4.98 Å². The number of imidazole rings is 2. The van der Waals surface area contributed by atoms with Crippen molar-refractivity contribution in [3.8, 4) is 0 Å². The van der Waals surface area contributed by atoms with Gasteiger partial charge in [-0.05, 0) is 0 Å². The van der Waals surface area contributed by atoms with Crippen molar-refractivity contribution < 1.29 is 56.6 Å². The number of hydrogen-bond donors (Lipinski definition) is 7. The van der Waals surface area contributed by atoms with Gasteiger partial charge < -0.3 is 36.0 Å². The average Bonchev–Trinajstić information content (AvgIpc) is 3.73. The fourth-order valence-electron chi connectivity index (χ4n) is 4.94. The molecule has 2 unspecified atom stereocenters. The molecular formula is C20H24FN10O12P2+. The fraction of sp³-hybridized carbons (Fsp3) is 0.500. The van der Waals surface area contributed by atoms with Gasteiger partial charge in [-0.25, -0.2) is 28.9 Å². The third-order valence-electron chi connectivity index (χ3n) is 6.99. The molecule has 2 fully saturated rings. The van der Waals surface area contributed by atoms with Crippen LogP contribution in [0.3, 0.4) is 0 Å². The van der Waals surface area contributed by atoms with Gasteiger partial charge in [-0.1, -0.05) is 0 Å². The van der Waals surface area contributed by atoms with Crippen molar-refractivity contribution in [2.45, 2.75) is 49.1 Å². The molecule has 2 saturated heterocycles. The quantitative estimate of drug-likeness (QED) is 0.0905. The number of phosphoric ester groups is 1. The largest absolute Gasteiger partial charge is 0.694 e. The van der Waals surface area contributed by atoms with Crippen LogP contribution < -0.4 is 17.0 Å². The summed E-state index contributed by atoms with van der Waals surface area (Å²) in [6, 6.07) is 0. The Balaban J connectivity index is 1.20. The lowest BCUT2D eigenvalue weighted by atomic mass is 10.1. The summed E-state index contributed by atoms with van der Waals surface area (Å²) < 4.78 is 67.6. The first kappa shape index (κ1) is 31.4. The molecule has 45 heavy (non-hydrogen) atoms. The number of aliphatic hydroxyl groups excluding tert-OH is 2. The van der Waals surface area contributed by atoms with E-state index in [-0.39, 0.29) is 34.1 Å². The molecule has 9 N–H and O–H groups in total. The van der Waals surface area contributed by atoms with Crippen molar-refractivity contribution in [3.05, 3.63) is 29.3 Å². The summed E-state index contributed by atoms with van der Waals surface area (Å²) in [5.74, 6) is -0.276. The standard InChI is InChI=1S/C20H23FN10O12P2/c21-8-6(41-18(12(8)33)30-4-26-9-14(22)24-3-25-15(9)30)2-40-45(37,38)43-13-11(32)7(1-39-44(35)36)42-19(13)31-5-27-10-16(31)28-20(23)29-17(10)34/h3-8,11-13,18-19,32-33H,1-2H2,(H6-,22,23,24,25,28,29,34,35,36,37,38)/p+1/t6-,7-,8-,11-,12-,13-,18-,19-/m1/s1. The molecule has 10 atom stereocenters. The first-order chi connectivity index (χ1) is 21.3. The van der Waals surface area contributed by atoms with E-state index >= 15 is 4.39 Å². The van der Waals surface area contributed by atoms with Crippen LogP contribution in [0.4, 0.5) is 16.2 Å². The number of nitrogens with one attached hydrogen (secondary N) is 1. The number of alkyl halides is 1. The normalized spacial score (nSPS) is 30.3. The Labute approximate surface area is 249 Å². The van der Waals surface area contributed by atoms with Crippen molar-refractivity contribution in [1.29, 1.82) is 0 Å². The third kappa shape index (κ3) is 5.91. The highest BCUT2D eigenvalue weighted by Crippen LogP contribution is 2.50. The van der Waals surface area contributed by atoms with E-state index < -0.39 is 84.0 Å². The first-order valence-electron chi connectivity index (χ1n) is 12.8. The van der Waals surface area contributed by atoms with Gasteiger partial charge in [-0.15, -0.1) is 9.42 Å². The summed E-state index contributed by atoms with van der Waals surface area (Å²) in [4.78, 5) is 53.8. The molecule has 6 heterocycles. The number of nitrogens with two attached hydrogens (primary N) is 2. The van der Waals surface area contributed by atoms with Gasteiger partial charge in [0.25, 0.3) is 5.56 Å². The van der Waals surface area contributed by atoms with E-state index in [1.807, 2.05) is 0 Å². The summed E-state index contributed by atoms with van der Waals surface area (Å²) in [6.07, 6.45) is -10.0. The van der Waals surface area contributed by atoms with E-state index in [0.29, 0.717) is 0 Å². The molecule has 0 aromatic carbocycles. The van der Waals surface area contributed by atoms with Crippen LogP contribution in [0.15, 0.2) is 23.8 Å². The lowest BCUT2D eigenvalue weighted by Crippen LogP contribution is -2.35. The molecule has 0 saturated carbocycles. The number of halogens is 1. The van der Waals surface area contributed by atoms with Gasteiger partial charge in [0.05, 0.1) is 19.3 Å². The number of rotatable bonds is 10. The molecule has 2 aliphatic rings. The minimum atomic E-state index is -5.21. The second kappa shape index (κ2) is 12.0. The maximum Gasteiger partial charge on any atom is 0.694 e. The molecule has 242 valence electrons. The van der Waals surface area contributed by atoms with E-state index in [1.165, 1.54) is 10.9 Å². The molecule has 22 nitrogen and oxygen atoms in total. The van der Waals surface area contributed by atoms with Crippen LogP contribution >= 0.6 is 16.1 Å². The Kier molecular flexibility index (Phi) is 8.34. The monoisotopic (exact) mass is 677 g/mol. The molecule has 4 aromatic rings. The SMILES string of the molecule is Nc1nc2c(ncn2[C@@H]2O[C@H](CO[P+](=O)O)[C@@H](O)[C@H]2OP(=O)(O)OC[C@H]2O[C@@H](n3cnc4c(N)ncnc43)[C@H](O)[C@@H]2F)c(=O)[nH]1. The Morgan fingerprint density at radius 1 is 1.02 bits per heavy atom. The van der Waals surface area contributed by atoms with E-state index in [4.69, 9.17) is 34.9 Å². The Hall–Kier alpha value is -3.60. The fourth-order valence-corrected chi connectivity index (χ4v) is 6.15. The predicted octanol–water partition coefficient (Wildman–Crippen LogP) is -1.85. The van der Waals surface area contributed by atoms with Crippen LogP contribution in [0.1, 0.15) is 12.5 Å². The van der Waals surface area contributed by atoms with Crippen molar-refractivity contribution in [3.63, 3.8) is 0 Å². The highest BCUT2D eigenvalue weighted by atomic mass is 31.2. The zero-order chi connectivity index (χ0) is 32.2. The molecule has 2 aliphatic heterocycles. The maximum absolute atomic E-state index is 15.1. The summed E-state index contributed by atoms with van der Waals surface area (Å²) in [5, 5.41) is 21.4. The Bertz CT molecular complexity index is 1860. The lowest BCUT2D eigenvalue weighted by Gasteiger charge is -2.24.